The van der Waals surface area contributed by atoms with Gasteiger partial charge in [-0.3, -0.25) is 10.0 Å². The lowest BCUT2D eigenvalue weighted by Gasteiger charge is -2.25. The van der Waals surface area contributed by atoms with Crippen LogP contribution in [0, 0.1) is 0 Å². The summed E-state index contributed by atoms with van der Waals surface area (Å²) in [4.78, 5) is 0. The zero-order valence-electron chi connectivity index (χ0n) is 12.6. The Morgan fingerprint density at radius 3 is 1.70 bits per heavy atom. The van der Waals surface area contributed by atoms with Crippen molar-refractivity contribution in [3.05, 3.63) is 103 Å². The Balaban J connectivity index is 1.76. The molecule has 0 unspecified atom stereocenters. The van der Waals surface area contributed by atoms with Gasteiger partial charge in [-0.1, -0.05) is 66.7 Å². The van der Waals surface area contributed by atoms with Crippen LogP contribution >= 0.6 is 0 Å². The summed E-state index contributed by atoms with van der Waals surface area (Å²) < 4.78 is 0. The van der Waals surface area contributed by atoms with E-state index in [1.807, 2.05) is 47.5 Å². The van der Waals surface area contributed by atoms with Crippen molar-refractivity contribution in [2.75, 3.05) is 10.0 Å². The van der Waals surface area contributed by atoms with Crippen LogP contribution < -0.4 is 15.6 Å². The molecule has 1 aliphatic rings. The average Bonchev–Trinajstić information content (AvgIpc) is 3.09. The Hall–Kier alpha value is -3.04. The quantitative estimate of drug-likeness (QED) is 0.772. The molecule has 0 saturated carbocycles. The first-order chi connectivity index (χ1) is 11.4. The maximum absolute atomic E-state index is 3.45. The molecule has 0 bridgehead atoms. The second-order valence-corrected chi connectivity index (χ2v) is 5.36. The number of anilines is 2. The number of rotatable bonds is 3. The van der Waals surface area contributed by atoms with Crippen LogP contribution in [0.4, 0.5) is 11.4 Å². The van der Waals surface area contributed by atoms with Gasteiger partial charge < -0.3 is 0 Å². The van der Waals surface area contributed by atoms with Gasteiger partial charge in [0.05, 0.1) is 17.1 Å². The van der Waals surface area contributed by atoms with Gasteiger partial charge in [-0.15, -0.1) is 5.53 Å². The van der Waals surface area contributed by atoms with E-state index in [-0.39, 0.29) is 0 Å². The number of hydrogen-bond donors (Lipinski definition) is 1. The molecule has 0 aromatic heterocycles. The Morgan fingerprint density at radius 2 is 1.09 bits per heavy atom. The number of benzene rings is 3. The second-order valence-electron chi connectivity index (χ2n) is 5.36. The fraction of sp³-hybridized carbons (Fsp3) is 0. The molecule has 1 aliphatic heterocycles. The number of nitrogens with zero attached hydrogens (tertiary/aromatic N) is 2. The minimum absolute atomic E-state index is 1.10. The predicted molar refractivity (Wildman–Crippen MR) is 95.4 cm³/mol. The van der Waals surface area contributed by atoms with E-state index in [4.69, 9.17) is 0 Å². The van der Waals surface area contributed by atoms with Gasteiger partial charge in [0.25, 0.3) is 0 Å². The summed E-state index contributed by atoms with van der Waals surface area (Å²) in [6.07, 6.45) is 2.12. The zero-order chi connectivity index (χ0) is 15.5. The third-order valence-electron chi connectivity index (χ3n) is 3.82. The van der Waals surface area contributed by atoms with Gasteiger partial charge in [0, 0.05) is 11.8 Å². The van der Waals surface area contributed by atoms with Crippen molar-refractivity contribution in [2.24, 2.45) is 0 Å². The van der Waals surface area contributed by atoms with Gasteiger partial charge in [-0.25, -0.2) is 0 Å². The molecule has 3 aromatic carbocycles. The molecule has 3 nitrogen and oxygen atoms in total. The van der Waals surface area contributed by atoms with Gasteiger partial charge >= 0.3 is 0 Å². The highest BCUT2D eigenvalue weighted by atomic mass is 15.8. The van der Waals surface area contributed by atoms with Gasteiger partial charge in [0.15, 0.2) is 0 Å². The molecule has 0 fully saturated rings. The molecule has 4 rings (SSSR count). The number of hydrazine groups is 2. The molecule has 0 aliphatic carbocycles. The standard InChI is InChI=1S/C20H17N3/c1-4-10-17(11-5-1)20-16-22(18-12-6-2-7-13-18)21-23(20)19-14-8-3-9-15-19/h1-16,21H. The molecule has 3 heteroatoms. The van der Waals surface area contributed by atoms with Crippen LogP contribution in [0.3, 0.4) is 0 Å². The van der Waals surface area contributed by atoms with Gasteiger partial charge in [-0.05, 0) is 24.3 Å². The molecule has 112 valence electrons. The highest BCUT2D eigenvalue weighted by molar-refractivity contribution is 5.83. The van der Waals surface area contributed by atoms with Crippen molar-refractivity contribution in [1.82, 2.24) is 5.53 Å². The Bertz CT molecular complexity index is 798. The first-order valence-electron chi connectivity index (χ1n) is 7.65. The van der Waals surface area contributed by atoms with Crippen LogP contribution in [0.5, 0.6) is 0 Å². The summed E-state index contributed by atoms with van der Waals surface area (Å²) in [6, 6.07) is 31.0. The topological polar surface area (TPSA) is 18.5 Å². The monoisotopic (exact) mass is 299 g/mol. The Morgan fingerprint density at radius 1 is 0.565 bits per heavy atom. The molecule has 0 atom stereocenters. The van der Waals surface area contributed by atoms with Crippen molar-refractivity contribution < 1.29 is 0 Å². The SMILES string of the molecule is C1=C(c2ccccc2)N(c2ccccc2)NN1c1ccccc1. The molecule has 0 spiro atoms. The third-order valence-corrected chi connectivity index (χ3v) is 3.82. The van der Waals surface area contributed by atoms with Crippen LogP contribution in [0.15, 0.2) is 97.2 Å². The van der Waals surface area contributed by atoms with Crippen LogP contribution in [0.2, 0.25) is 0 Å². The van der Waals surface area contributed by atoms with Crippen LogP contribution in [-0.2, 0) is 0 Å². The molecular weight excluding hydrogens is 282 g/mol. The Kier molecular flexibility index (Phi) is 3.54. The van der Waals surface area contributed by atoms with E-state index in [0.717, 1.165) is 17.1 Å². The lowest BCUT2D eigenvalue weighted by molar-refractivity contribution is 0.760. The van der Waals surface area contributed by atoms with Gasteiger partial charge in [-0.2, -0.15) is 0 Å². The lowest BCUT2D eigenvalue weighted by atomic mass is 10.1. The molecule has 0 radical (unpaired) electrons. The normalized spacial score (nSPS) is 14.0. The van der Waals surface area contributed by atoms with Crippen molar-refractivity contribution in [2.45, 2.75) is 0 Å². The van der Waals surface area contributed by atoms with Crippen molar-refractivity contribution in [3.63, 3.8) is 0 Å². The van der Waals surface area contributed by atoms with E-state index >= 15 is 0 Å². The number of para-hydroxylation sites is 2. The summed E-state index contributed by atoms with van der Waals surface area (Å²) in [7, 11) is 0. The summed E-state index contributed by atoms with van der Waals surface area (Å²) in [5.74, 6) is 0. The minimum Gasteiger partial charge on any atom is -0.264 e. The highest BCUT2D eigenvalue weighted by Gasteiger charge is 2.23. The van der Waals surface area contributed by atoms with E-state index in [2.05, 4.69) is 65.3 Å². The first kappa shape index (κ1) is 13.6. The lowest BCUT2D eigenvalue weighted by Crippen LogP contribution is -2.40. The van der Waals surface area contributed by atoms with Crippen LogP contribution in [-0.4, -0.2) is 0 Å². The van der Waals surface area contributed by atoms with Gasteiger partial charge in [0.2, 0.25) is 0 Å². The third kappa shape index (κ3) is 2.70. The van der Waals surface area contributed by atoms with Crippen molar-refractivity contribution in [1.29, 1.82) is 0 Å². The van der Waals surface area contributed by atoms with Crippen molar-refractivity contribution in [3.8, 4) is 0 Å². The summed E-state index contributed by atoms with van der Waals surface area (Å²) in [6.45, 7) is 0. The predicted octanol–water partition coefficient (Wildman–Crippen LogP) is 4.43. The molecular formula is C20H17N3. The van der Waals surface area contributed by atoms with E-state index in [1.54, 1.807) is 0 Å². The Labute approximate surface area is 136 Å². The number of nitrogens with one attached hydrogen (secondary N) is 1. The van der Waals surface area contributed by atoms with Crippen LogP contribution in [0.1, 0.15) is 5.56 Å². The van der Waals surface area contributed by atoms with E-state index in [0.29, 0.717) is 0 Å². The fourth-order valence-corrected chi connectivity index (χ4v) is 2.68. The summed E-state index contributed by atoms with van der Waals surface area (Å²) >= 11 is 0. The van der Waals surface area contributed by atoms with Crippen molar-refractivity contribution >= 4 is 17.1 Å². The smallest absolute Gasteiger partial charge is 0.0846 e. The molecule has 23 heavy (non-hydrogen) atoms. The fourth-order valence-electron chi connectivity index (χ4n) is 2.68. The maximum atomic E-state index is 3.45. The molecule has 1 N–H and O–H groups in total. The van der Waals surface area contributed by atoms with Crippen LogP contribution in [0.25, 0.3) is 5.70 Å². The van der Waals surface area contributed by atoms with E-state index in [9.17, 15) is 0 Å². The van der Waals surface area contributed by atoms with Gasteiger partial charge in [0.1, 0.15) is 0 Å². The largest absolute Gasteiger partial charge is 0.264 e. The average molecular weight is 299 g/mol. The van der Waals surface area contributed by atoms with E-state index < -0.39 is 0 Å². The highest BCUT2D eigenvalue weighted by Crippen LogP contribution is 2.30. The molecule has 3 aromatic rings. The second kappa shape index (κ2) is 5.99. The first-order valence-corrected chi connectivity index (χ1v) is 7.65. The van der Waals surface area contributed by atoms with E-state index in [1.165, 1.54) is 5.56 Å². The summed E-state index contributed by atoms with van der Waals surface area (Å²) in [5, 5.41) is 4.14. The maximum Gasteiger partial charge on any atom is 0.0846 e. The minimum atomic E-state index is 1.10. The zero-order valence-corrected chi connectivity index (χ0v) is 12.6. The molecule has 0 saturated heterocycles. The molecule has 0 amide bonds. The number of hydrogen-bond acceptors (Lipinski definition) is 3. The molecule has 1 heterocycles. The summed E-state index contributed by atoms with van der Waals surface area (Å²) in [5.41, 5.74) is 7.92.